The predicted octanol–water partition coefficient (Wildman–Crippen LogP) is 2.85. The second-order valence-electron chi connectivity index (χ2n) is 4.74. The van der Waals surface area contributed by atoms with Gasteiger partial charge in [0.1, 0.15) is 0 Å². The fourth-order valence-electron chi connectivity index (χ4n) is 3.86. The fraction of sp³-hybridized carbons (Fsp3) is 0.818. The zero-order chi connectivity index (χ0) is 7.42. The Labute approximate surface area is 68.7 Å². The molecule has 2 saturated carbocycles. The van der Waals surface area contributed by atoms with Gasteiger partial charge in [-0.05, 0) is 42.4 Å². The largest absolute Gasteiger partial charge is 0.0848 e. The molecule has 0 N–H and O–H groups in total. The Bertz CT molecular complexity index is 204. The van der Waals surface area contributed by atoms with E-state index in [2.05, 4.69) is 19.1 Å². The van der Waals surface area contributed by atoms with E-state index in [0.717, 1.165) is 29.6 Å². The van der Waals surface area contributed by atoms with Crippen LogP contribution in [0.2, 0.25) is 0 Å². The zero-order valence-corrected chi connectivity index (χ0v) is 7.16. The van der Waals surface area contributed by atoms with Crippen LogP contribution in [0.1, 0.15) is 26.2 Å². The number of hydrogen-bond acceptors (Lipinski definition) is 0. The Balaban J connectivity index is 1.97. The third kappa shape index (κ3) is 0.660. The highest BCUT2D eigenvalue weighted by Gasteiger charge is 2.49. The van der Waals surface area contributed by atoms with Gasteiger partial charge in [0, 0.05) is 0 Å². The lowest BCUT2D eigenvalue weighted by atomic mass is 9.82. The summed E-state index contributed by atoms with van der Waals surface area (Å²) >= 11 is 0. The Morgan fingerprint density at radius 3 is 2.73 bits per heavy atom. The van der Waals surface area contributed by atoms with Crippen molar-refractivity contribution in [3.8, 4) is 0 Å². The molecule has 0 aromatic carbocycles. The summed E-state index contributed by atoms with van der Waals surface area (Å²) in [6, 6.07) is 0. The molecular formula is C11H16. The van der Waals surface area contributed by atoms with Gasteiger partial charge < -0.3 is 0 Å². The van der Waals surface area contributed by atoms with Gasteiger partial charge in [0.2, 0.25) is 0 Å². The molecule has 0 heterocycles. The number of fused-ring (bicyclic) bond motifs is 5. The Hall–Kier alpha value is -0.260. The molecule has 2 bridgehead atoms. The molecule has 2 fully saturated rings. The van der Waals surface area contributed by atoms with Gasteiger partial charge in [0.25, 0.3) is 0 Å². The van der Waals surface area contributed by atoms with E-state index < -0.39 is 0 Å². The first-order valence-corrected chi connectivity index (χ1v) is 5.04. The maximum atomic E-state index is 2.49. The van der Waals surface area contributed by atoms with Crippen molar-refractivity contribution in [1.82, 2.24) is 0 Å². The first kappa shape index (κ1) is 6.28. The van der Waals surface area contributed by atoms with Gasteiger partial charge in [-0.1, -0.05) is 25.5 Å². The summed E-state index contributed by atoms with van der Waals surface area (Å²) in [7, 11) is 0. The van der Waals surface area contributed by atoms with E-state index in [9.17, 15) is 0 Å². The highest BCUT2D eigenvalue weighted by Crippen LogP contribution is 2.57. The van der Waals surface area contributed by atoms with Crippen LogP contribution in [0.25, 0.3) is 0 Å². The van der Waals surface area contributed by atoms with Crippen LogP contribution in [0.15, 0.2) is 12.2 Å². The molecule has 3 rings (SSSR count). The molecule has 0 amide bonds. The number of rotatable bonds is 0. The molecule has 11 heavy (non-hydrogen) atoms. The third-order valence-electron chi connectivity index (χ3n) is 4.30. The molecule has 0 radical (unpaired) electrons. The normalized spacial score (nSPS) is 58.8. The topological polar surface area (TPSA) is 0 Å². The fourth-order valence-corrected chi connectivity index (χ4v) is 3.86. The predicted molar refractivity (Wildman–Crippen MR) is 46.1 cm³/mol. The van der Waals surface area contributed by atoms with E-state index in [1.165, 1.54) is 19.3 Å². The van der Waals surface area contributed by atoms with Gasteiger partial charge in [-0.15, -0.1) is 0 Å². The van der Waals surface area contributed by atoms with Gasteiger partial charge in [0.05, 0.1) is 0 Å². The highest BCUT2D eigenvalue weighted by molar-refractivity contribution is 5.15. The Morgan fingerprint density at radius 1 is 1.09 bits per heavy atom. The third-order valence-corrected chi connectivity index (χ3v) is 4.30. The standard InChI is InChI=1S/C11H16/c1-7-2-5-10-8-3-4-9(6-8)11(7)10/h3-4,7-11H,2,5-6H2,1H3. The second kappa shape index (κ2) is 1.91. The van der Waals surface area contributed by atoms with Gasteiger partial charge in [-0.2, -0.15) is 0 Å². The van der Waals surface area contributed by atoms with Crippen molar-refractivity contribution in [2.75, 3.05) is 0 Å². The first-order chi connectivity index (χ1) is 5.36. The van der Waals surface area contributed by atoms with Crippen LogP contribution in [0.4, 0.5) is 0 Å². The summed E-state index contributed by atoms with van der Waals surface area (Å²) in [6.07, 6.45) is 9.51. The molecule has 5 atom stereocenters. The minimum Gasteiger partial charge on any atom is -0.0848 e. The van der Waals surface area contributed by atoms with Crippen LogP contribution >= 0.6 is 0 Å². The summed E-state index contributed by atoms with van der Waals surface area (Å²) in [4.78, 5) is 0. The molecule has 3 aliphatic rings. The molecule has 0 spiro atoms. The van der Waals surface area contributed by atoms with Crippen LogP contribution in [0, 0.1) is 29.6 Å². The minimum atomic E-state index is 0.988. The summed E-state index contributed by atoms with van der Waals surface area (Å²) in [6.45, 7) is 2.46. The number of allylic oxidation sites excluding steroid dienone is 2. The van der Waals surface area contributed by atoms with Crippen molar-refractivity contribution in [2.24, 2.45) is 29.6 Å². The lowest BCUT2D eigenvalue weighted by molar-refractivity contribution is 0.304. The number of hydrogen-bond donors (Lipinski definition) is 0. The molecule has 5 unspecified atom stereocenters. The van der Waals surface area contributed by atoms with Crippen molar-refractivity contribution in [3.05, 3.63) is 12.2 Å². The molecule has 0 heteroatoms. The maximum Gasteiger partial charge on any atom is -0.0194 e. The average molecular weight is 148 g/mol. The molecule has 60 valence electrons. The van der Waals surface area contributed by atoms with Gasteiger partial charge >= 0.3 is 0 Å². The molecular weight excluding hydrogens is 132 g/mol. The summed E-state index contributed by atoms with van der Waals surface area (Å²) in [5, 5.41) is 0. The van der Waals surface area contributed by atoms with Crippen LogP contribution in [-0.2, 0) is 0 Å². The molecule has 0 aromatic heterocycles. The monoisotopic (exact) mass is 148 g/mol. The summed E-state index contributed by atoms with van der Waals surface area (Å²) < 4.78 is 0. The Kier molecular flexibility index (Phi) is 1.09. The van der Waals surface area contributed by atoms with Gasteiger partial charge in [0.15, 0.2) is 0 Å². The quantitative estimate of drug-likeness (QED) is 0.463. The molecule has 0 aliphatic heterocycles. The van der Waals surface area contributed by atoms with Crippen molar-refractivity contribution in [1.29, 1.82) is 0 Å². The lowest BCUT2D eigenvalue weighted by Gasteiger charge is -2.23. The summed E-state index contributed by atoms with van der Waals surface area (Å²) in [5.41, 5.74) is 0. The molecule has 0 nitrogen and oxygen atoms in total. The van der Waals surface area contributed by atoms with Crippen LogP contribution in [0.5, 0.6) is 0 Å². The molecule has 0 aromatic rings. The van der Waals surface area contributed by atoms with Crippen LogP contribution in [0.3, 0.4) is 0 Å². The van der Waals surface area contributed by atoms with Crippen molar-refractivity contribution in [2.45, 2.75) is 26.2 Å². The SMILES string of the molecule is CC1CCC2C3C=CC(C3)C12. The van der Waals surface area contributed by atoms with E-state index in [0.29, 0.717) is 0 Å². The molecule has 0 saturated heterocycles. The zero-order valence-electron chi connectivity index (χ0n) is 7.16. The summed E-state index contributed by atoms with van der Waals surface area (Å²) in [5.74, 6) is 5.20. The van der Waals surface area contributed by atoms with E-state index >= 15 is 0 Å². The first-order valence-electron chi connectivity index (χ1n) is 5.04. The van der Waals surface area contributed by atoms with E-state index in [1.807, 2.05) is 0 Å². The van der Waals surface area contributed by atoms with E-state index in [4.69, 9.17) is 0 Å². The van der Waals surface area contributed by atoms with Gasteiger partial charge in [-0.3, -0.25) is 0 Å². The average Bonchev–Trinajstić information content (AvgIpc) is 2.60. The van der Waals surface area contributed by atoms with Crippen molar-refractivity contribution < 1.29 is 0 Å². The lowest BCUT2D eigenvalue weighted by Crippen LogP contribution is -2.17. The smallest absolute Gasteiger partial charge is 0.0194 e. The van der Waals surface area contributed by atoms with E-state index in [1.54, 1.807) is 0 Å². The van der Waals surface area contributed by atoms with Gasteiger partial charge in [-0.25, -0.2) is 0 Å². The second-order valence-corrected chi connectivity index (χ2v) is 4.74. The van der Waals surface area contributed by atoms with Crippen molar-refractivity contribution >= 4 is 0 Å². The van der Waals surface area contributed by atoms with Crippen LogP contribution in [-0.4, -0.2) is 0 Å². The van der Waals surface area contributed by atoms with Crippen molar-refractivity contribution in [3.63, 3.8) is 0 Å². The maximum absolute atomic E-state index is 2.49. The molecule has 3 aliphatic carbocycles. The Morgan fingerprint density at radius 2 is 1.91 bits per heavy atom. The minimum absolute atomic E-state index is 0.988. The van der Waals surface area contributed by atoms with E-state index in [-0.39, 0.29) is 0 Å². The van der Waals surface area contributed by atoms with Crippen LogP contribution < -0.4 is 0 Å². The highest BCUT2D eigenvalue weighted by atomic mass is 14.5.